The number of nitrogens with zero attached hydrogens (tertiary/aromatic N) is 1. The van der Waals surface area contributed by atoms with Gasteiger partial charge in [-0.3, -0.25) is 0 Å². The van der Waals surface area contributed by atoms with Crippen molar-refractivity contribution in [2.24, 2.45) is 5.92 Å². The Morgan fingerprint density at radius 3 is 2.65 bits per heavy atom. The summed E-state index contributed by atoms with van der Waals surface area (Å²) in [4.78, 5) is 3.76. The van der Waals surface area contributed by atoms with Gasteiger partial charge < -0.3 is 15.7 Å². The number of rotatable bonds is 5. The number of aromatic nitrogens is 1. The Morgan fingerprint density at radius 2 is 2.06 bits per heavy atom. The average Bonchev–Trinajstić information content (AvgIpc) is 3.11. The summed E-state index contributed by atoms with van der Waals surface area (Å²) in [6, 6.07) is 0.769. The van der Waals surface area contributed by atoms with E-state index in [2.05, 4.69) is 15.6 Å². The summed E-state index contributed by atoms with van der Waals surface area (Å²) in [6.07, 6.45) is 1.51. The number of aliphatic hydroxyl groups is 1. The molecule has 0 saturated heterocycles. The van der Waals surface area contributed by atoms with Crippen LogP contribution in [-0.2, 0) is 0 Å². The Labute approximate surface area is 98.1 Å². The first kappa shape index (κ1) is 12.0. The molecule has 0 bridgehead atoms. The van der Waals surface area contributed by atoms with E-state index in [4.69, 9.17) is 0 Å². The van der Waals surface area contributed by atoms with Crippen LogP contribution in [0.1, 0.15) is 12.8 Å². The Balaban J connectivity index is 2.03. The van der Waals surface area contributed by atoms with E-state index in [0.29, 0.717) is 5.92 Å². The SMILES string of the molecule is CNc1nc(NCC(O)C2CC2)c(F)cc1F. The quantitative estimate of drug-likeness (QED) is 0.735. The van der Waals surface area contributed by atoms with Gasteiger partial charge in [0.05, 0.1) is 6.10 Å². The molecule has 6 heteroatoms. The topological polar surface area (TPSA) is 57.2 Å². The predicted molar refractivity (Wildman–Crippen MR) is 60.9 cm³/mol. The van der Waals surface area contributed by atoms with Crippen molar-refractivity contribution in [3.8, 4) is 0 Å². The summed E-state index contributed by atoms with van der Waals surface area (Å²) in [6.45, 7) is 0.226. The van der Waals surface area contributed by atoms with Gasteiger partial charge in [-0.25, -0.2) is 13.8 Å². The van der Waals surface area contributed by atoms with Crippen LogP contribution in [0.5, 0.6) is 0 Å². The van der Waals surface area contributed by atoms with Gasteiger partial charge in [0.25, 0.3) is 0 Å². The number of nitrogens with one attached hydrogen (secondary N) is 2. The Kier molecular flexibility index (Phi) is 3.42. The minimum Gasteiger partial charge on any atom is -0.391 e. The lowest BCUT2D eigenvalue weighted by molar-refractivity contribution is 0.164. The van der Waals surface area contributed by atoms with Crippen molar-refractivity contribution in [1.82, 2.24) is 4.98 Å². The second-order valence-electron chi connectivity index (χ2n) is 4.18. The van der Waals surface area contributed by atoms with Crippen molar-refractivity contribution in [3.63, 3.8) is 0 Å². The average molecular weight is 243 g/mol. The van der Waals surface area contributed by atoms with Crippen LogP contribution in [0.3, 0.4) is 0 Å². The fourth-order valence-electron chi connectivity index (χ4n) is 1.61. The molecule has 1 aliphatic rings. The second-order valence-corrected chi connectivity index (χ2v) is 4.18. The fraction of sp³-hybridized carbons (Fsp3) is 0.545. The highest BCUT2D eigenvalue weighted by Crippen LogP contribution is 2.32. The van der Waals surface area contributed by atoms with E-state index in [1.54, 1.807) is 0 Å². The third kappa shape index (κ3) is 2.82. The molecule has 0 radical (unpaired) electrons. The lowest BCUT2D eigenvalue weighted by Crippen LogP contribution is -2.22. The largest absolute Gasteiger partial charge is 0.391 e. The summed E-state index contributed by atoms with van der Waals surface area (Å²) in [7, 11) is 1.51. The fourth-order valence-corrected chi connectivity index (χ4v) is 1.61. The van der Waals surface area contributed by atoms with Crippen molar-refractivity contribution in [1.29, 1.82) is 0 Å². The van der Waals surface area contributed by atoms with Crippen LogP contribution in [0.25, 0.3) is 0 Å². The first-order valence-corrected chi connectivity index (χ1v) is 5.57. The molecule has 4 nitrogen and oxygen atoms in total. The Hall–Kier alpha value is -1.43. The van der Waals surface area contributed by atoms with Gasteiger partial charge in [0, 0.05) is 19.7 Å². The van der Waals surface area contributed by atoms with Gasteiger partial charge in [-0.2, -0.15) is 0 Å². The zero-order chi connectivity index (χ0) is 12.4. The Morgan fingerprint density at radius 1 is 1.41 bits per heavy atom. The van der Waals surface area contributed by atoms with Gasteiger partial charge in [0.15, 0.2) is 23.3 Å². The summed E-state index contributed by atoms with van der Waals surface area (Å²) in [5.74, 6) is -1.26. The van der Waals surface area contributed by atoms with E-state index < -0.39 is 17.7 Å². The van der Waals surface area contributed by atoms with Gasteiger partial charge in [-0.15, -0.1) is 0 Å². The van der Waals surface area contributed by atoms with E-state index >= 15 is 0 Å². The molecule has 94 valence electrons. The maximum absolute atomic E-state index is 13.4. The smallest absolute Gasteiger partial charge is 0.168 e. The monoisotopic (exact) mass is 243 g/mol. The number of halogens is 2. The molecule has 3 N–H and O–H groups in total. The molecule has 0 aliphatic heterocycles. The summed E-state index contributed by atoms with van der Waals surface area (Å²) >= 11 is 0. The van der Waals surface area contributed by atoms with Crippen molar-refractivity contribution in [2.45, 2.75) is 18.9 Å². The van der Waals surface area contributed by atoms with Crippen molar-refractivity contribution >= 4 is 11.6 Å². The molecule has 1 unspecified atom stereocenters. The molecular weight excluding hydrogens is 228 g/mol. The van der Waals surface area contributed by atoms with Crippen LogP contribution in [0, 0.1) is 17.6 Å². The predicted octanol–water partition coefficient (Wildman–Crippen LogP) is 1.58. The standard InChI is InChI=1S/C11H15F2N3O/c1-14-10-7(12)4-8(13)11(16-10)15-5-9(17)6-2-3-6/h4,6,9,17H,2-3,5H2,1H3,(H2,14,15,16). The second kappa shape index (κ2) is 4.83. The van der Waals surface area contributed by atoms with Crippen molar-refractivity contribution in [3.05, 3.63) is 17.7 Å². The highest BCUT2D eigenvalue weighted by Gasteiger charge is 2.29. The maximum Gasteiger partial charge on any atom is 0.168 e. The molecule has 0 spiro atoms. The lowest BCUT2D eigenvalue weighted by atomic mass is 10.2. The van der Waals surface area contributed by atoms with Crippen LogP contribution in [0.4, 0.5) is 20.4 Å². The zero-order valence-corrected chi connectivity index (χ0v) is 9.50. The van der Waals surface area contributed by atoms with Gasteiger partial charge >= 0.3 is 0 Å². The van der Waals surface area contributed by atoms with E-state index in [9.17, 15) is 13.9 Å². The molecule has 2 rings (SSSR count). The normalized spacial score (nSPS) is 16.7. The molecule has 0 aromatic carbocycles. The molecule has 1 aliphatic carbocycles. The van der Waals surface area contributed by atoms with Crippen LogP contribution >= 0.6 is 0 Å². The number of aliphatic hydroxyl groups excluding tert-OH is 1. The molecule has 1 aromatic heterocycles. The Bertz CT molecular complexity index is 410. The molecule has 0 amide bonds. The van der Waals surface area contributed by atoms with Gasteiger partial charge in [0.2, 0.25) is 0 Å². The van der Waals surface area contributed by atoms with Crippen LogP contribution in [0.15, 0.2) is 6.07 Å². The summed E-state index contributed by atoms with van der Waals surface area (Å²) < 4.78 is 26.5. The van der Waals surface area contributed by atoms with Crippen molar-refractivity contribution in [2.75, 3.05) is 24.2 Å². The molecule has 1 heterocycles. The van der Waals surface area contributed by atoms with Gasteiger partial charge in [0.1, 0.15) is 0 Å². The lowest BCUT2D eigenvalue weighted by Gasteiger charge is -2.12. The number of hydrogen-bond acceptors (Lipinski definition) is 4. The molecule has 1 aromatic rings. The van der Waals surface area contributed by atoms with Crippen LogP contribution in [-0.4, -0.2) is 29.8 Å². The van der Waals surface area contributed by atoms with E-state index in [0.717, 1.165) is 18.9 Å². The van der Waals surface area contributed by atoms with E-state index in [1.807, 2.05) is 0 Å². The van der Waals surface area contributed by atoms with Gasteiger partial charge in [-0.05, 0) is 18.8 Å². The molecule has 1 saturated carbocycles. The zero-order valence-electron chi connectivity index (χ0n) is 9.50. The van der Waals surface area contributed by atoms with E-state index in [-0.39, 0.29) is 18.2 Å². The van der Waals surface area contributed by atoms with Crippen LogP contribution < -0.4 is 10.6 Å². The summed E-state index contributed by atoms with van der Waals surface area (Å²) in [5.41, 5.74) is 0. The van der Waals surface area contributed by atoms with Crippen molar-refractivity contribution < 1.29 is 13.9 Å². The number of anilines is 2. The van der Waals surface area contributed by atoms with Gasteiger partial charge in [-0.1, -0.05) is 0 Å². The first-order valence-electron chi connectivity index (χ1n) is 5.57. The molecule has 17 heavy (non-hydrogen) atoms. The highest BCUT2D eigenvalue weighted by molar-refractivity contribution is 5.47. The number of pyridine rings is 1. The molecular formula is C11H15F2N3O. The minimum atomic E-state index is -0.760. The summed E-state index contributed by atoms with van der Waals surface area (Å²) in [5, 5.41) is 14.8. The number of hydrogen-bond donors (Lipinski definition) is 3. The van der Waals surface area contributed by atoms with Crippen LogP contribution in [0.2, 0.25) is 0 Å². The maximum atomic E-state index is 13.4. The molecule has 1 fully saturated rings. The highest BCUT2D eigenvalue weighted by atomic mass is 19.1. The third-order valence-corrected chi connectivity index (χ3v) is 2.81. The third-order valence-electron chi connectivity index (χ3n) is 2.81. The van der Waals surface area contributed by atoms with E-state index in [1.165, 1.54) is 7.05 Å². The minimum absolute atomic E-state index is 0.0187. The molecule has 1 atom stereocenters. The first-order chi connectivity index (χ1) is 8.11.